The van der Waals surface area contributed by atoms with Crippen LogP contribution in [-0.4, -0.2) is 18.5 Å². The predicted molar refractivity (Wildman–Crippen MR) is 81.7 cm³/mol. The Bertz CT molecular complexity index is 509. The topological polar surface area (TPSA) is 41.1 Å². The lowest BCUT2D eigenvalue weighted by Crippen LogP contribution is -2.42. The van der Waals surface area contributed by atoms with Gasteiger partial charge in [0, 0.05) is 18.3 Å². The molecule has 1 aliphatic carbocycles. The minimum atomic E-state index is 0.0635. The molecule has 3 heteroatoms. The third-order valence-electron chi connectivity index (χ3n) is 4.71. The van der Waals surface area contributed by atoms with E-state index in [2.05, 4.69) is 36.6 Å². The van der Waals surface area contributed by atoms with Crippen LogP contribution in [-0.2, 0) is 11.2 Å². The van der Waals surface area contributed by atoms with E-state index in [1.54, 1.807) is 0 Å². The Kier molecular flexibility index (Phi) is 3.45. The number of anilines is 1. The summed E-state index contributed by atoms with van der Waals surface area (Å²) in [6, 6.07) is 8.64. The first kappa shape index (κ1) is 13.5. The summed E-state index contributed by atoms with van der Waals surface area (Å²) in [5.41, 5.74) is 2.82. The van der Waals surface area contributed by atoms with Crippen molar-refractivity contribution in [2.75, 3.05) is 11.9 Å². The minimum Gasteiger partial charge on any atom is -0.384 e. The van der Waals surface area contributed by atoms with Crippen LogP contribution >= 0.6 is 0 Å². The zero-order chi connectivity index (χ0) is 14.2. The third-order valence-corrected chi connectivity index (χ3v) is 4.71. The van der Waals surface area contributed by atoms with Crippen LogP contribution in [0.25, 0.3) is 0 Å². The van der Waals surface area contributed by atoms with Crippen LogP contribution in [0.1, 0.15) is 38.7 Å². The Hall–Kier alpha value is -1.51. The van der Waals surface area contributed by atoms with Crippen LogP contribution in [0.5, 0.6) is 0 Å². The number of amides is 1. The van der Waals surface area contributed by atoms with E-state index in [1.165, 1.54) is 17.7 Å². The first-order valence-electron chi connectivity index (χ1n) is 7.66. The second-order valence-electron chi connectivity index (χ2n) is 7.05. The molecule has 0 aromatic heterocycles. The number of rotatable bonds is 2. The van der Waals surface area contributed by atoms with E-state index in [-0.39, 0.29) is 11.8 Å². The van der Waals surface area contributed by atoms with Gasteiger partial charge in [-0.05, 0) is 42.7 Å². The van der Waals surface area contributed by atoms with Gasteiger partial charge in [-0.3, -0.25) is 4.79 Å². The molecule has 0 saturated heterocycles. The average molecular weight is 272 g/mol. The largest absolute Gasteiger partial charge is 0.384 e. The van der Waals surface area contributed by atoms with Crippen molar-refractivity contribution >= 4 is 11.6 Å². The molecule has 2 aliphatic rings. The van der Waals surface area contributed by atoms with E-state index in [9.17, 15) is 4.79 Å². The highest BCUT2D eigenvalue weighted by Crippen LogP contribution is 2.37. The second kappa shape index (κ2) is 5.12. The zero-order valence-corrected chi connectivity index (χ0v) is 12.4. The van der Waals surface area contributed by atoms with Gasteiger partial charge in [-0.25, -0.2) is 0 Å². The van der Waals surface area contributed by atoms with E-state index in [4.69, 9.17) is 0 Å². The van der Waals surface area contributed by atoms with E-state index in [0.29, 0.717) is 11.5 Å². The SMILES string of the molecule is CC1(C)CCC(NC(=O)C2CNc3ccccc3C2)C1. The van der Waals surface area contributed by atoms with E-state index >= 15 is 0 Å². The second-order valence-corrected chi connectivity index (χ2v) is 7.05. The fourth-order valence-corrected chi connectivity index (χ4v) is 3.51. The van der Waals surface area contributed by atoms with Crippen LogP contribution in [0.15, 0.2) is 24.3 Å². The number of carbonyl (C=O) groups excluding carboxylic acids is 1. The summed E-state index contributed by atoms with van der Waals surface area (Å²) < 4.78 is 0. The molecule has 1 aliphatic heterocycles. The standard InChI is InChI=1S/C17H24N2O/c1-17(2)8-7-14(10-17)19-16(20)13-9-12-5-3-4-6-15(12)18-11-13/h3-6,13-14,18H,7-11H2,1-2H3,(H,19,20). The minimum absolute atomic E-state index is 0.0635. The molecule has 2 atom stereocenters. The first-order chi connectivity index (χ1) is 9.53. The first-order valence-corrected chi connectivity index (χ1v) is 7.66. The molecule has 20 heavy (non-hydrogen) atoms. The van der Waals surface area contributed by atoms with Crippen LogP contribution < -0.4 is 10.6 Å². The lowest BCUT2D eigenvalue weighted by atomic mass is 9.91. The van der Waals surface area contributed by atoms with Crippen molar-refractivity contribution in [3.05, 3.63) is 29.8 Å². The van der Waals surface area contributed by atoms with Crippen molar-refractivity contribution in [2.24, 2.45) is 11.3 Å². The van der Waals surface area contributed by atoms with Crippen LogP contribution in [0.3, 0.4) is 0 Å². The number of hydrogen-bond acceptors (Lipinski definition) is 2. The Morgan fingerprint density at radius 2 is 2.15 bits per heavy atom. The Morgan fingerprint density at radius 3 is 2.90 bits per heavy atom. The number of fused-ring (bicyclic) bond motifs is 1. The van der Waals surface area contributed by atoms with Crippen molar-refractivity contribution in [1.82, 2.24) is 5.32 Å². The van der Waals surface area contributed by atoms with Crippen LogP contribution in [0.4, 0.5) is 5.69 Å². The maximum Gasteiger partial charge on any atom is 0.225 e. The van der Waals surface area contributed by atoms with Gasteiger partial charge in [0.15, 0.2) is 0 Å². The number of carbonyl (C=O) groups is 1. The molecule has 1 aromatic rings. The number of para-hydroxylation sites is 1. The highest BCUT2D eigenvalue weighted by Gasteiger charge is 2.33. The molecule has 2 N–H and O–H groups in total. The van der Waals surface area contributed by atoms with Gasteiger partial charge in [-0.1, -0.05) is 32.0 Å². The summed E-state index contributed by atoms with van der Waals surface area (Å²) in [6.07, 6.45) is 4.29. The molecule has 1 saturated carbocycles. The van der Waals surface area contributed by atoms with Crippen LogP contribution in [0.2, 0.25) is 0 Å². The Morgan fingerprint density at radius 1 is 1.35 bits per heavy atom. The summed E-state index contributed by atoms with van der Waals surface area (Å²) in [5.74, 6) is 0.281. The number of nitrogens with one attached hydrogen (secondary N) is 2. The number of benzene rings is 1. The van der Waals surface area contributed by atoms with Crippen molar-refractivity contribution < 1.29 is 4.79 Å². The van der Waals surface area contributed by atoms with E-state index in [0.717, 1.165) is 25.8 Å². The highest BCUT2D eigenvalue weighted by atomic mass is 16.2. The molecule has 2 unspecified atom stereocenters. The fraction of sp³-hybridized carbons (Fsp3) is 0.588. The zero-order valence-electron chi connectivity index (χ0n) is 12.4. The van der Waals surface area contributed by atoms with Crippen LogP contribution in [0, 0.1) is 11.3 Å². The summed E-state index contributed by atoms with van der Waals surface area (Å²) in [6.45, 7) is 5.33. The molecule has 0 spiro atoms. The van der Waals surface area contributed by atoms with E-state index < -0.39 is 0 Å². The van der Waals surface area contributed by atoms with Gasteiger partial charge in [0.05, 0.1) is 5.92 Å². The molecule has 0 radical (unpaired) electrons. The summed E-state index contributed by atoms with van der Waals surface area (Å²) in [4.78, 5) is 12.4. The maximum atomic E-state index is 12.4. The van der Waals surface area contributed by atoms with Gasteiger partial charge in [0.1, 0.15) is 0 Å². The predicted octanol–water partition coefficient (Wildman–Crippen LogP) is 2.97. The molecule has 3 nitrogen and oxygen atoms in total. The molecule has 1 amide bonds. The van der Waals surface area contributed by atoms with Gasteiger partial charge >= 0.3 is 0 Å². The Labute approximate surface area is 121 Å². The molecule has 3 rings (SSSR count). The lowest BCUT2D eigenvalue weighted by molar-refractivity contribution is -0.125. The number of hydrogen-bond donors (Lipinski definition) is 2. The molecule has 1 aromatic carbocycles. The molecule has 108 valence electrons. The van der Waals surface area contributed by atoms with Crippen molar-refractivity contribution in [2.45, 2.75) is 45.6 Å². The Balaban J connectivity index is 1.59. The van der Waals surface area contributed by atoms with Gasteiger partial charge in [-0.15, -0.1) is 0 Å². The monoisotopic (exact) mass is 272 g/mol. The highest BCUT2D eigenvalue weighted by molar-refractivity contribution is 5.81. The van der Waals surface area contributed by atoms with Gasteiger partial charge in [0.25, 0.3) is 0 Å². The lowest BCUT2D eigenvalue weighted by Gasteiger charge is -2.27. The molecule has 0 bridgehead atoms. The van der Waals surface area contributed by atoms with E-state index in [1.807, 2.05) is 12.1 Å². The van der Waals surface area contributed by atoms with Crippen molar-refractivity contribution in [3.8, 4) is 0 Å². The van der Waals surface area contributed by atoms with Crippen molar-refractivity contribution in [1.29, 1.82) is 0 Å². The summed E-state index contributed by atoms with van der Waals surface area (Å²) in [7, 11) is 0. The quantitative estimate of drug-likeness (QED) is 0.869. The fourth-order valence-electron chi connectivity index (χ4n) is 3.51. The smallest absolute Gasteiger partial charge is 0.225 e. The molecular formula is C17H24N2O. The molecule has 1 heterocycles. The third kappa shape index (κ3) is 2.82. The summed E-state index contributed by atoms with van der Waals surface area (Å²) >= 11 is 0. The summed E-state index contributed by atoms with van der Waals surface area (Å²) in [5, 5.41) is 6.63. The van der Waals surface area contributed by atoms with Gasteiger partial charge in [0.2, 0.25) is 5.91 Å². The average Bonchev–Trinajstić information content (AvgIpc) is 2.77. The van der Waals surface area contributed by atoms with Crippen molar-refractivity contribution in [3.63, 3.8) is 0 Å². The van der Waals surface area contributed by atoms with Gasteiger partial charge < -0.3 is 10.6 Å². The molecular weight excluding hydrogens is 248 g/mol. The van der Waals surface area contributed by atoms with Gasteiger partial charge in [-0.2, -0.15) is 0 Å². The normalized spacial score (nSPS) is 27.5. The maximum absolute atomic E-state index is 12.4. The molecule has 1 fully saturated rings.